The highest BCUT2D eigenvalue weighted by Crippen LogP contribution is 2.34. The van der Waals surface area contributed by atoms with Crippen LogP contribution in [0.4, 0.5) is 0 Å². The van der Waals surface area contributed by atoms with Crippen LogP contribution in [0.2, 0.25) is 5.02 Å². The van der Waals surface area contributed by atoms with Gasteiger partial charge in [-0.15, -0.1) is 12.4 Å². The second-order valence-corrected chi connectivity index (χ2v) is 7.64. The lowest BCUT2D eigenvalue weighted by atomic mass is 10.1. The number of rotatable bonds is 3. The molecule has 1 aliphatic rings. The summed E-state index contributed by atoms with van der Waals surface area (Å²) in [5.41, 5.74) is 5.69. The second-order valence-electron chi connectivity index (χ2n) is 4.55. The third-order valence-corrected chi connectivity index (χ3v) is 6.74. The third kappa shape index (κ3) is 3.48. The molecule has 1 aromatic carbocycles. The topological polar surface area (TPSA) is 63.4 Å². The minimum atomic E-state index is -3.61. The van der Waals surface area contributed by atoms with E-state index in [0.29, 0.717) is 17.6 Å². The van der Waals surface area contributed by atoms with E-state index < -0.39 is 10.0 Å². The van der Waals surface area contributed by atoms with E-state index in [0.717, 1.165) is 19.3 Å². The van der Waals surface area contributed by atoms with Crippen molar-refractivity contribution < 1.29 is 8.42 Å². The molecule has 0 radical (unpaired) electrons. The van der Waals surface area contributed by atoms with Crippen LogP contribution in [0.25, 0.3) is 0 Å². The number of halogens is 3. The van der Waals surface area contributed by atoms with Gasteiger partial charge in [0.1, 0.15) is 4.90 Å². The molecule has 0 aliphatic carbocycles. The van der Waals surface area contributed by atoms with Crippen LogP contribution in [0.5, 0.6) is 0 Å². The number of piperidine rings is 1. The fourth-order valence-electron chi connectivity index (χ4n) is 2.37. The van der Waals surface area contributed by atoms with Gasteiger partial charge in [0.25, 0.3) is 0 Å². The number of sulfonamides is 1. The van der Waals surface area contributed by atoms with Gasteiger partial charge in [0.05, 0.1) is 5.02 Å². The highest BCUT2D eigenvalue weighted by atomic mass is 79.9. The minimum absolute atomic E-state index is 0. The molecule has 1 aromatic rings. The number of hydrogen-bond acceptors (Lipinski definition) is 3. The Morgan fingerprint density at radius 1 is 1.40 bits per heavy atom. The molecule has 1 atom stereocenters. The van der Waals surface area contributed by atoms with Gasteiger partial charge in [-0.3, -0.25) is 0 Å². The van der Waals surface area contributed by atoms with Crippen molar-refractivity contribution in [3.8, 4) is 0 Å². The van der Waals surface area contributed by atoms with Crippen LogP contribution in [-0.2, 0) is 10.0 Å². The SMILES string of the molecule is Cl.NCC1CCCCN1S(=O)(=O)c1c(Cl)cccc1Br. The summed E-state index contributed by atoms with van der Waals surface area (Å²) in [6.45, 7) is 0.836. The number of nitrogens with zero attached hydrogens (tertiary/aromatic N) is 1. The first-order chi connectivity index (χ1) is 8.98. The molecule has 2 N–H and O–H groups in total. The molecule has 1 fully saturated rings. The minimum Gasteiger partial charge on any atom is -0.329 e. The molecule has 0 bridgehead atoms. The van der Waals surface area contributed by atoms with E-state index in [9.17, 15) is 8.42 Å². The molecule has 0 amide bonds. The summed E-state index contributed by atoms with van der Waals surface area (Å²) in [6, 6.07) is 4.84. The summed E-state index contributed by atoms with van der Waals surface area (Å²) in [5, 5.41) is 0.232. The molecule has 0 saturated carbocycles. The van der Waals surface area contributed by atoms with E-state index in [1.165, 1.54) is 4.31 Å². The summed E-state index contributed by atoms with van der Waals surface area (Å²) in [7, 11) is -3.61. The fourth-order valence-corrected chi connectivity index (χ4v) is 5.75. The molecule has 1 aliphatic heterocycles. The van der Waals surface area contributed by atoms with Gasteiger partial charge in [-0.2, -0.15) is 4.31 Å². The Balaban J connectivity index is 0.00000200. The zero-order valence-electron chi connectivity index (χ0n) is 10.8. The van der Waals surface area contributed by atoms with Crippen LogP contribution in [-0.4, -0.2) is 31.9 Å². The van der Waals surface area contributed by atoms with Crippen LogP contribution in [0.3, 0.4) is 0 Å². The first-order valence-corrected chi connectivity index (χ1v) is 8.75. The molecule has 1 heterocycles. The molecule has 4 nitrogen and oxygen atoms in total. The summed E-state index contributed by atoms with van der Waals surface area (Å²) in [6.07, 6.45) is 2.67. The summed E-state index contributed by atoms with van der Waals surface area (Å²) < 4.78 is 27.5. The Morgan fingerprint density at radius 2 is 2.10 bits per heavy atom. The molecule has 114 valence electrons. The van der Waals surface area contributed by atoms with Gasteiger partial charge >= 0.3 is 0 Å². The third-order valence-electron chi connectivity index (χ3n) is 3.33. The predicted molar refractivity (Wildman–Crippen MR) is 87.0 cm³/mol. The molecule has 0 aromatic heterocycles. The Bertz CT molecular complexity index is 548. The van der Waals surface area contributed by atoms with Crippen LogP contribution >= 0.6 is 39.9 Å². The monoisotopic (exact) mass is 402 g/mol. The van der Waals surface area contributed by atoms with Crippen molar-refractivity contribution in [3.05, 3.63) is 27.7 Å². The first kappa shape index (κ1) is 18.2. The lowest BCUT2D eigenvalue weighted by Crippen LogP contribution is -2.47. The normalized spacial score (nSPS) is 20.4. The lowest BCUT2D eigenvalue weighted by molar-refractivity contribution is 0.257. The molecule has 1 saturated heterocycles. The van der Waals surface area contributed by atoms with Crippen LogP contribution in [0, 0.1) is 0 Å². The van der Waals surface area contributed by atoms with E-state index in [4.69, 9.17) is 17.3 Å². The molecule has 2 rings (SSSR count). The second kappa shape index (κ2) is 7.42. The zero-order chi connectivity index (χ0) is 14.0. The maximum absolute atomic E-state index is 12.8. The molecule has 20 heavy (non-hydrogen) atoms. The van der Waals surface area contributed by atoms with E-state index in [1.54, 1.807) is 18.2 Å². The van der Waals surface area contributed by atoms with Crippen molar-refractivity contribution in [3.63, 3.8) is 0 Å². The standard InChI is InChI=1S/C12H16BrClN2O2S.ClH/c13-10-5-3-6-11(14)12(10)19(17,18)16-7-2-1-4-9(16)8-15;/h3,5-6,9H,1-2,4,7-8,15H2;1H. The van der Waals surface area contributed by atoms with E-state index in [1.807, 2.05) is 0 Å². The lowest BCUT2D eigenvalue weighted by Gasteiger charge is -2.34. The van der Waals surface area contributed by atoms with E-state index >= 15 is 0 Å². The highest BCUT2D eigenvalue weighted by molar-refractivity contribution is 9.10. The number of nitrogens with two attached hydrogens (primary N) is 1. The Labute approximate surface area is 139 Å². The average Bonchev–Trinajstić information content (AvgIpc) is 2.38. The quantitative estimate of drug-likeness (QED) is 0.843. The van der Waals surface area contributed by atoms with Crippen molar-refractivity contribution in [2.75, 3.05) is 13.1 Å². The average molecular weight is 404 g/mol. The van der Waals surface area contributed by atoms with Crippen LogP contribution in [0.15, 0.2) is 27.6 Å². The molecule has 8 heteroatoms. The van der Waals surface area contributed by atoms with Crippen molar-refractivity contribution >= 4 is 50.0 Å². The maximum Gasteiger partial charge on any atom is 0.245 e. The van der Waals surface area contributed by atoms with E-state index in [2.05, 4.69) is 15.9 Å². The van der Waals surface area contributed by atoms with Crippen molar-refractivity contribution in [2.24, 2.45) is 5.73 Å². The first-order valence-electron chi connectivity index (χ1n) is 6.14. The van der Waals surface area contributed by atoms with Crippen LogP contribution in [0.1, 0.15) is 19.3 Å². The van der Waals surface area contributed by atoms with Gasteiger partial charge < -0.3 is 5.73 Å². The van der Waals surface area contributed by atoms with Gasteiger partial charge in [-0.25, -0.2) is 8.42 Å². The molecular weight excluding hydrogens is 387 g/mol. The fraction of sp³-hybridized carbons (Fsp3) is 0.500. The Kier molecular flexibility index (Phi) is 6.76. The van der Waals surface area contributed by atoms with Crippen molar-refractivity contribution in [1.29, 1.82) is 0 Å². The van der Waals surface area contributed by atoms with Crippen LogP contribution < -0.4 is 5.73 Å². The zero-order valence-corrected chi connectivity index (χ0v) is 14.7. The smallest absolute Gasteiger partial charge is 0.245 e. The Hall–Kier alpha value is 0.150. The number of hydrogen-bond donors (Lipinski definition) is 1. The van der Waals surface area contributed by atoms with Gasteiger partial charge in [0.15, 0.2) is 0 Å². The maximum atomic E-state index is 12.8. The van der Waals surface area contributed by atoms with E-state index in [-0.39, 0.29) is 28.4 Å². The highest BCUT2D eigenvalue weighted by Gasteiger charge is 2.35. The predicted octanol–water partition coefficient (Wildman–Crippen LogP) is 3.03. The largest absolute Gasteiger partial charge is 0.329 e. The molecular formula is C12H17BrCl2N2O2S. The molecule has 1 unspecified atom stereocenters. The Morgan fingerprint density at radius 3 is 2.70 bits per heavy atom. The number of benzene rings is 1. The van der Waals surface area contributed by atoms with Crippen molar-refractivity contribution in [2.45, 2.75) is 30.2 Å². The van der Waals surface area contributed by atoms with Crippen molar-refractivity contribution in [1.82, 2.24) is 4.31 Å². The summed E-state index contributed by atoms with van der Waals surface area (Å²) in [4.78, 5) is 0.136. The van der Waals surface area contributed by atoms with Gasteiger partial charge in [-0.1, -0.05) is 24.1 Å². The summed E-state index contributed by atoms with van der Waals surface area (Å²) >= 11 is 9.33. The van der Waals surface area contributed by atoms with Gasteiger partial charge in [0, 0.05) is 23.6 Å². The van der Waals surface area contributed by atoms with Gasteiger partial charge in [0.2, 0.25) is 10.0 Å². The van der Waals surface area contributed by atoms with Gasteiger partial charge in [-0.05, 0) is 40.9 Å². The summed E-state index contributed by atoms with van der Waals surface area (Å²) in [5.74, 6) is 0. The molecule has 0 spiro atoms.